The Hall–Kier alpha value is -5.39. The van der Waals surface area contributed by atoms with Crippen molar-refractivity contribution in [2.24, 2.45) is 5.41 Å². The summed E-state index contributed by atoms with van der Waals surface area (Å²) in [5.41, 5.74) is 1.20. The molecular weight excluding hydrogens is 716 g/mol. The molecule has 0 heterocycles. The molecule has 3 rings (SSSR count). The Kier molecular flexibility index (Phi) is 20.6. The standard InChI is InChI=1S/C45H56O11/c1-6-27-51-32-45(8-3,33-52-28-7-2)34-55-39-23-17-36(18-24-39)43(47)54-30-14-12-10-9-11-13-29-53-38-21-19-37(20-22-38)44(48)56-40-25-15-35(31-41(40)49-4)16-26-42(46)50-5/h6-7,15-26,31H,1-2,8-14,27-30,32-34H2,3-5H3/b26-16+. The Morgan fingerprint density at radius 2 is 1.23 bits per heavy atom. The van der Waals surface area contributed by atoms with E-state index in [-0.39, 0.29) is 17.1 Å². The molecule has 0 aliphatic rings. The Morgan fingerprint density at radius 3 is 1.80 bits per heavy atom. The van der Waals surface area contributed by atoms with E-state index >= 15 is 0 Å². The summed E-state index contributed by atoms with van der Waals surface area (Å²) in [4.78, 5) is 36.7. The maximum atomic E-state index is 12.7. The Balaban J connectivity index is 1.28. The number of unbranched alkanes of at least 4 members (excludes halogenated alkanes) is 5. The Labute approximate surface area is 331 Å². The average Bonchev–Trinajstić information content (AvgIpc) is 3.23. The van der Waals surface area contributed by atoms with Gasteiger partial charge in [-0.15, -0.1) is 13.2 Å². The molecule has 0 N–H and O–H groups in total. The maximum absolute atomic E-state index is 12.7. The number of benzene rings is 3. The van der Waals surface area contributed by atoms with Crippen LogP contribution in [0.2, 0.25) is 0 Å². The van der Waals surface area contributed by atoms with E-state index in [4.69, 9.17) is 33.2 Å². The minimum absolute atomic E-state index is 0.255. The van der Waals surface area contributed by atoms with Crippen molar-refractivity contribution >= 4 is 24.0 Å². The van der Waals surface area contributed by atoms with Crippen molar-refractivity contribution in [3.8, 4) is 23.0 Å². The van der Waals surface area contributed by atoms with E-state index in [1.54, 1.807) is 85.0 Å². The minimum atomic E-state index is -0.537. The number of ether oxygens (including phenoxy) is 8. The van der Waals surface area contributed by atoms with Gasteiger partial charge in [0.1, 0.15) is 11.5 Å². The second-order valence-electron chi connectivity index (χ2n) is 13.1. The van der Waals surface area contributed by atoms with Gasteiger partial charge in [-0.1, -0.05) is 50.8 Å². The second kappa shape index (κ2) is 25.6. The van der Waals surface area contributed by atoms with E-state index in [1.165, 1.54) is 20.3 Å². The Morgan fingerprint density at radius 1 is 0.661 bits per heavy atom. The van der Waals surface area contributed by atoms with Crippen LogP contribution in [-0.2, 0) is 23.7 Å². The minimum Gasteiger partial charge on any atom is -0.494 e. The van der Waals surface area contributed by atoms with E-state index in [1.807, 2.05) is 0 Å². The SMILES string of the molecule is C=CCOCC(CC)(COCC=C)COc1ccc(C(=O)OCCCCCCCCOc2ccc(C(=O)Oc3ccc(/C=C/C(=O)OC)cc3OC)cc2)cc1. The zero-order valence-corrected chi connectivity index (χ0v) is 33.0. The summed E-state index contributed by atoms with van der Waals surface area (Å²) in [5, 5.41) is 0. The van der Waals surface area contributed by atoms with Gasteiger partial charge in [0.25, 0.3) is 0 Å². The lowest BCUT2D eigenvalue weighted by molar-refractivity contribution is -0.134. The van der Waals surface area contributed by atoms with E-state index < -0.39 is 11.9 Å². The van der Waals surface area contributed by atoms with E-state index in [0.29, 0.717) is 80.2 Å². The number of hydrogen-bond acceptors (Lipinski definition) is 11. The van der Waals surface area contributed by atoms with Gasteiger partial charge in [-0.3, -0.25) is 0 Å². The first-order valence-corrected chi connectivity index (χ1v) is 18.9. The van der Waals surface area contributed by atoms with Crippen molar-refractivity contribution < 1.29 is 52.3 Å². The van der Waals surface area contributed by atoms with Crippen LogP contribution in [-0.4, -0.2) is 78.4 Å². The summed E-state index contributed by atoms with van der Waals surface area (Å²) in [6, 6.07) is 18.7. The lowest BCUT2D eigenvalue weighted by Gasteiger charge is -2.32. The average molecular weight is 773 g/mol. The normalized spacial score (nSPS) is 11.1. The van der Waals surface area contributed by atoms with Gasteiger partial charge in [0.15, 0.2) is 11.5 Å². The van der Waals surface area contributed by atoms with Crippen LogP contribution in [0.1, 0.15) is 78.1 Å². The summed E-state index contributed by atoms with van der Waals surface area (Å²) >= 11 is 0. The lowest BCUT2D eigenvalue weighted by atomic mass is 9.88. The molecule has 0 aliphatic heterocycles. The molecule has 3 aromatic rings. The van der Waals surface area contributed by atoms with Crippen LogP contribution < -0.4 is 18.9 Å². The molecule has 11 heteroatoms. The third-order valence-corrected chi connectivity index (χ3v) is 8.81. The van der Waals surface area contributed by atoms with Gasteiger partial charge >= 0.3 is 17.9 Å². The van der Waals surface area contributed by atoms with Crippen molar-refractivity contribution in [3.05, 3.63) is 115 Å². The summed E-state index contributed by atoms with van der Waals surface area (Å²) in [5.74, 6) is 0.557. The highest BCUT2D eigenvalue weighted by Gasteiger charge is 2.30. The van der Waals surface area contributed by atoms with Crippen LogP contribution in [0.15, 0.2) is 98.1 Å². The predicted molar refractivity (Wildman–Crippen MR) is 216 cm³/mol. The van der Waals surface area contributed by atoms with Gasteiger partial charge in [0.2, 0.25) is 0 Å². The highest BCUT2D eigenvalue weighted by atomic mass is 16.6. The molecule has 0 bridgehead atoms. The number of methoxy groups -OCH3 is 2. The van der Waals surface area contributed by atoms with Crippen LogP contribution in [0.25, 0.3) is 6.08 Å². The molecule has 0 saturated heterocycles. The third kappa shape index (κ3) is 16.1. The summed E-state index contributed by atoms with van der Waals surface area (Å²) in [7, 11) is 2.77. The number of carbonyl (C=O) groups is 3. The van der Waals surface area contributed by atoms with Gasteiger partial charge in [-0.2, -0.15) is 0 Å². The van der Waals surface area contributed by atoms with Gasteiger partial charge in [-0.05, 0) is 91.6 Å². The quantitative estimate of drug-likeness (QED) is 0.0231. The van der Waals surface area contributed by atoms with Crippen molar-refractivity contribution in [1.82, 2.24) is 0 Å². The van der Waals surface area contributed by atoms with Crippen LogP contribution in [0.4, 0.5) is 0 Å². The smallest absolute Gasteiger partial charge is 0.343 e. The summed E-state index contributed by atoms with van der Waals surface area (Å²) in [6.45, 7) is 12.7. The van der Waals surface area contributed by atoms with Crippen molar-refractivity contribution in [3.63, 3.8) is 0 Å². The van der Waals surface area contributed by atoms with Crippen LogP contribution in [0.3, 0.4) is 0 Å². The zero-order chi connectivity index (χ0) is 40.4. The molecule has 0 atom stereocenters. The van der Waals surface area contributed by atoms with Crippen LogP contribution >= 0.6 is 0 Å². The molecule has 0 spiro atoms. The van der Waals surface area contributed by atoms with Gasteiger partial charge in [0, 0.05) is 6.08 Å². The molecular formula is C45H56O11. The fourth-order valence-electron chi connectivity index (χ4n) is 5.37. The molecule has 56 heavy (non-hydrogen) atoms. The number of rotatable bonds is 28. The predicted octanol–water partition coefficient (Wildman–Crippen LogP) is 8.86. The van der Waals surface area contributed by atoms with E-state index in [2.05, 4.69) is 24.8 Å². The first-order valence-electron chi connectivity index (χ1n) is 18.9. The highest BCUT2D eigenvalue weighted by Crippen LogP contribution is 2.30. The second-order valence-corrected chi connectivity index (χ2v) is 13.1. The fourth-order valence-corrected chi connectivity index (χ4v) is 5.37. The van der Waals surface area contributed by atoms with E-state index in [9.17, 15) is 14.4 Å². The van der Waals surface area contributed by atoms with Gasteiger partial charge < -0.3 is 37.9 Å². The third-order valence-electron chi connectivity index (χ3n) is 8.81. The molecule has 0 unspecified atom stereocenters. The first-order chi connectivity index (χ1) is 27.3. The van der Waals surface area contributed by atoms with Gasteiger partial charge in [0.05, 0.1) is 77.0 Å². The highest BCUT2D eigenvalue weighted by molar-refractivity contribution is 5.92. The lowest BCUT2D eigenvalue weighted by Crippen LogP contribution is -2.38. The number of carbonyl (C=O) groups excluding carboxylic acids is 3. The topological polar surface area (TPSA) is 125 Å². The Bertz CT molecular complexity index is 1670. The molecule has 302 valence electrons. The van der Waals surface area contributed by atoms with E-state index in [0.717, 1.165) is 44.9 Å². The number of hydrogen-bond donors (Lipinski definition) is 0. The van der Waals surface area contributed by atoms with Crippen molar-refractivity contribution in [1.29, 1.82) is 0 Å². The fraction of sp³-hybridized carbons (Fsp3) is 0.400. The molecule has 0 fully saturated rings. The zero-order valence-electron chi connectivity index (χ0n) is 33.0. The summed E-state index contributed by atoms with van der Waals surface area (Å²) in [6.07, 6.45) is 12.9. The van der Waals surface area contributed by atoms with Crippen LogP contribution in [0.5, 0.6) is 23.0 Å². The molecule has 0 amide bonds. The first kappa shape index (κ1) is 45.0. The largest absolute Gasteiger partial charge is 0.494 e. The molecule has 0 aliphatic carbocycles. The molecule has 11 nitrogen and oxygen atoms in total. The molecule has 3 aromatic carbocycles. The van der Waals surface area contributed by atoms with Crippen molar-refractivity contribution in [2.45, 2.75) is 51.9 Å². The van der Waals surface area contributed by atoms with Crippen molar-refractivity contribution in [2.75, 3.05) is 60.5 Å². The molecule has 0 saturated carbocycles. The number of esters is 3. The monoisotopic (exact) mass is 772 g/mol. The van der Waals surface area contributed by atoms with Crippen LogP contribution in [0, 0.1) is 5.41 Å². The maximum Gasteiger partial charge on any atom is 0.343 e. The summed E-state index contributed by atoms with van der Waals surface area (Å²) < 4.78 is 44.4. The molecule has 0 aromatic heterocycles. The van der Waals surface area contributed by atoms with Gasteiger partial charge in [-0.25, -0.2) is 14.4 Å². The molecule has 0 radical (unpaired) electrons.